The summed E-state index contributed by atoms with van der Waals surface area (Å²) in [6.07, 6.45) is 0.782. The van der Waals surface area contributed by atoms with Crippen LogP contribution in [0.3, 0.4) is 0 Å². The molecule has 4 nitrogen and oxygen atoms in total. The van der Waals surface area contributed by atoms with Crippen molar-refractivity contribution in [2.45, 2.75) is 0 Å². The highest BCUT2D eigenvalue weighted by Gasteiger charge is 2.15. The van der Waals surface area contributed by atoms with E-state index in [1.165, 1.54) is 0 Å². The van der Waals surface area contributed by atoms with Crippen LogP contribution in [-0.4, -0.2) is 16.0 Å². The third-order valence-electron chi connectivity index (χ3n) is 2.82. The van der Waals surface area contributed by atoms with Gasteiger partial charge in [0, 0.05) is 17.8 Å². The van der Waals surface area contributed by atoms with Gasteiger partial charge in [-0.2, -0.15) is 0 Å². The molecule has 0 aliphatic rings. The normalized spacial score (nSPS) is 11.3. The van der Waals surface area contributed by atoms with Crippen molar-refractivity contribution in [3.8, 4) is 5.75 Å². The molecule has 2 aromatic heterocycles. The van der Waals surface area contributed by atoms with Gasteiger partial charge < -0.3 is 14.1 Å². The van der Waals surface area contributed by atoms with E-state index >= 15 is 0 Å². The maximum atomic E-state index is 10.8. The molecular weight excluding hydrogens is 206 g/mol. The third-order valence-corrected chi connectivity index (χ3v) is 2.82. The fourth-order valence-corrected chi connectivity index (χ4v) is 1.97. The zero-order valence-corrected chi connectivity index (χ0v) is 8.60. The molecule has 0 aliphatic heterocycles. The Morgan fingerprint density at radius 3 is 2.94 bits per heavy atom. The zero-order chi connectivity index (χ0) is 11.3. The number of phenols is 1. The molecule has 1 N–H and O–H groups in total. The fourth-order valence-electron chi connectivity index (χ4n) is 1.97. The number of rotatable bonds is 1. The molecule has 0 saturated heterocycles. The van der Waals surface area contributed by atoms with Gasteiger partial charge in [0.25, 0.3) is 0 Å². The SMILES string of the molecule is Cn1c(C=O)cc2c3cccc(O)c3oc21. The van der Waals surface area contributed by atoms with Crippen LogP contribution in [0.25, 0.3) is 22.1 Å². The Bertz CT molecular complexity index is 706. The lowest BCUT2D eigenvalue weighted by Crippen LogP contribution is -1.92. The number of nitrogens with zero attached hydrogens (tertiary/aromatic N) is 1. The van der Waals surface area contributed by atoms with Crippen LogP contribution in [0, 0.1) is 0 Å². The Morgan fingerprint density at radius 2 is 2.19 bits per heavy atom. The summed E-state index contributed by atoms with van der Waals surface area (Å²) in [5, 5.41) is 11.3. The van der Waals surface area contributed by atoms with Gasteiger partial charge in [0.15, 0.2) is 17.6 Å². The van der Waals surface area contributed by atoms with E-state index in [-0.39, 0.29) is 5.75 Å². The second-order valence-corrected chi connectivity index (χ2v) is 3.72. The van der Waals surface area contributed by atoms with Gasteiger partial charge in [-0.3, -0.25) is 4.79 Å². The molecule has 80 valence electrons. The number of aldehydes is 1. The second-order valence-electron chi connectivity index (χ2n) is 3.72. The fraction of sp³-hybridized carbons (Fsp3) is 0.0833. The average molecular weight is 215 g/mol. The maximum Gasteiger partial charge on any atom is 0.208 e. The van der Waals surface area contributed by atoms with E-state index in [1.807, 2.05) is 6.07 Å². The number of aromatic hydroxyl groups is 1. The van der Waals surface area contributed by atoms with Gasteiger partial charge in [0.2, 0.25) is 5.71 Å². The van der Waals surface area contributed by atoms with Crippen LogP contribution in [0.15, 0.2) is 28.7 Å². The van der Waals surface area contributed by atoms with Crippen LogP contribution in [0.2, 0.25) is 0 Å². The standard InChI is InChI=1S/C12H9NO3/c1-13-7(6-14)5-9-8-3-2-4-10(15)11(8)16-12(9)13/h2-6,15H,1H3. The van der Waals surface area contributed by atoms with Crippen molar-refractivity contribution >= 4 is 28.4 Å². The van der Waals surface area contributed by atoms with Gasteiger partial charge >= 0.3 is 0 Å². The molecule has 3 aromatic rings. The highest BCUT2D eigenvalue weighted by atomic mass is 16.4. The molecule has 0 bridgehead atoms. The molecule has 0 radical (unpaired) electrons. The van der Waals surface area contributed by atoms with Crippen molar-refractivity contribution in [2.24, 2.45) is 7.05 Å². The Labute approximate surface area is 90.7 Å². The van der Waals surface area contributed by atoms with Crippen molar-refractivity contribution in [1.82, 2.24) is 4.57 Å². The quantitative estimate of drug-likeness (QED) is 0.634. The van der Waals surface area contributed by atoms with E-state index in [9.17, 15) is 9.90 Å². The number of furan rings is 1. The molecule has 2 heterocycles. The van der Waals surface area contributed by atoms with E-state index in [1.54, 1.807) is 29.8 Å². The first kappa shape index (κ1) is 9.03. The average Bonchev–Trinajstić information content (AvgIpc) is 2.78. The molecular formula is C12H9NO3. The first-order valence-corrected chi connectivity index (χ1v) is 4.87. The van der Waals surface area contributed by atoms with Gasteiger partial charge in [-0.1, -0.05) is 12.1 Å². The van der Waals surface area contributed by atoms with Crippen LogP contribution >= 0.6 is 0 Å². The number of hydrogen-bond acceptors (Lipinski definition) is 3. The lowest BCUT2D eigenvalue weighted by Gasteiger charge is -1.94. The molecule has 0 unspecified atom stereocenters. The van der Waals surface area contributed by atoms with E-state index in [4.69, 9.17) is 4.42 Å². The molecule has 0 saturated carbocycles. The summed E-state index contributed by atoms with van der Waals surface area (Å²) >= 11 is 0. The van der Waals surface area contributed by atoms with Gasteiger partial charge in [0.1, 0.15) is 0 Å². The molecule has 0 spiro atoms. The molecule has 0 amide bonds. The second kappa shape index (κ2) is 2.88. The summed E-state index contributed by atoms with van der Waals surface area (Å²) in [6, 6.07) is 6.94. The lowest BCUT2D eigenvalue weighted by atomic mass is 10.2. The van der Waals surface area contributed by atoms with E-state index in [0.29, 0.717) is 17.0 Å². The van der Waals surface area contributed by atoms with Crippen molar-refractivity contribution in [2.75, 3.05) is 0 Å². The predicted molar refractivity (Wildman–Crippen MR) is 59.7 cm³/mol. The van der Waals surface area contributed by atoms with Crippen LogP contribution < -0.4 is 0 Å². The van der Waals surface area contributed by atoms with Crippen molar-refractivity contribution in [3.63, 3.8) is 0 Å². The third kappa shape index (κ3) is 0.957. The summed E-state index contributed by atoms with van der Waals surface area (Å²) in [6.45, 7) is 0. The van der Waals surface area contributed by atoms with Crippen LogP contribution in [0.1, 0.15) is 10.5 Å². The topological polar surface area (TPSA) is 55.4 Å². The minimum Gasteiger partial charge on any atom is -0.504 e. The Morgan fingerprint density at radius 1 is 1.38 bits per heavy atom. The van der Waals surface area contributed by atoms with Crippen LogP contribution in [-0.2, 0) is 7.05 Å². The summed E-state index contributed by atoms with van der Waals surface area (Å²) in [5.74, 6) is 0.112. The number of aromatic nitrogens is 1. The molecule has 1 aromatic carbocycles. The molecule has 4 heteroatoms. The van der Waals surface area contributed by atoms with Crippen LogP contribution in [0.5, 0.6) is 5.75 Å². The van der Waals surface area contributed by atoms with Gasteiger partial charge in [-0.05, 0) is 12.1 Å². The lowest BCUT2D eigenvalue weighted by molar-refractivity contribution is 0.111. The number of hydrogen-bond donors (Lipinski definition) is 1. The number of para-hydroxylation sites is 1. The highest BCUT2D eigenvalue weighted by Crippen LogP contribution is 2.34. The maximum absolute atomic E-state index is 10.8. The smallest absolute Gasteiger partial charge is 0.208 e. The number of carbonyl (C=O) groups excluding carboxylic acids is 1. The van der Waals surface area contributed by atoms with Crippen LogP contribution in [0.4, 0.5) is 0 Å². The number of carbonyl (C=O) groups is 1. The summed E-state index contributed by atoms with van der Waals surface area (Å²) in [5.41, 5.74) is 1.61. The van der Waals surface area contributed by atoms with Crippen molar-refractivity contribution in [1.29, 1.82) is 0 Å². The van der Waals surface area contributed by atoms with E-state index in [2.05, 4.69) is 0 Å². The van der Waals surface area contributed by atoms with Crippen molar-refractivity contribution < 1.29 is 14.3 Å². The Balaban J connectivity index is 2.55. The molecule has 0 atom stereocenters. The van der Waals surface area contributed by atoms with Gasteiger partial charge in [-0.15, -0.1) is 0 Å². The number of benzene rings is 1. The predicted octanol–water partition coefficient (Wildman–Crippen LogP) is 2.44. The first-order valence-electron chi connectivity index (χ1n) is 4.87. The largest absolute Gasteiger partial charge is 0.504 e. The van der Waals surface area contributed by atoms with Crippen molar-refractivity contribution in [3.05, 3.63) is 30.0 Å². The molecule has 16 heavy (non-hydrogen) atoms. The Kier molecular flexibility index (Phi) is 1.63. The zero-order valence-electron chi connectivity index (χ0n) is 8.60. The molecule has 0 fully saturated rings. The Hall–Kier alpha value is -2.23. The van der Waals surface area contributed by atoms with Gasteiger partial charge in [0.05, 0.1) is 5.69 Å². The summed E-state index contributed by atoms with van der Waals surface area (Å²) in [4.78, 5) is 10.8. The molecule has 0 aliphatic carbocycles. The summed E-state index contributed by atoms with van der Waals surface area (Å²) < 4.78 is 7.22. The number of fused-ring (bicyclic) bond motifs is 3. The number of aryl methyl sites for hydroxylation is 1. The first-order chi connectivity index (χ1) is 7.72. The number of phenolic OH excluding ortho intramolecular Hbond substituents is 1. The van der Waals surface area contributed by atoms with Gasteiger partial charge in [-0.25, -0.2) is 0 Å². The van der Waals surface area contributed by atoms with E-state index in [0.717, 1.165) is 17.1 Å². The minimum absolute atomic E-state index is 0.112. The summed E-state index contributed by atoms with van der Waals surface area (Å²) in [7, 11) is 1.76. The molecule has 3 rings (SSSR count). The minimum atomic E-state index is 0.112. The monoisotopic (exact) mass is 215 g/mol. The highest BCUT2D eigenvalue weighted by molar-refractivity contribution is 6.07. The van der Waals surface area contributed by atoms with E-state index < -0.39 is 0 Å².